The fourth-order valence-electron chi connectivity index (χ4n) is 3.05. The van der Waals surface area contributed by atoms with Crippen molar-refractivity contribution in [3.05, 3.63) is 41.7 Å². The Bertz CT molecular complexity index is 1030. The predicted molar refractivity (Wildman–Crippen MR) is 94.5 cm³/mol. The molecule has 3 aromatic rings. The number of aromatic nitrogens is 2. The summed E-state index contributed by atoms with van der Waals surface area (Å²) < 4.78 is 0. The summed E-state index contributed by atoms with van der Waals surface area (Å²) in [4.78, 5) is 34.7. The van der Waals surface area contributed by atoms with Crippen LogP contribution in [0.4, 0.5) is 26.7 Å². The first-order chi connectivity index (χ1) is 12.0. The molecule has 4 heterocycles. The van der Waals surface area contributed by atoms with Gasteiger partial charge in [-0.2, -0.15) is 0 Å². The van der Waals surface area contributed by atoms with Gasteiger partial charge in [-0.25, -0.2) is 9.78 Å². The van der Waals surface area contributed by atoms with Crippen molar-refractivity contribution >= 4 is 49.1 Å². The lowest BCUT2D eigenvalue weighted by Gasteiger charge is -2.28. The van der Waals surface area contributed by atoms with Crippen LogP contribution in [-0.2, 0) is 0 Å². The van der Waals surface area contributed by atoms with Gasteiger partial charge in [0.2, 0.25) is 0 Å². The Hall–Kier alpha value is -3.00. The van der Waals surface area contributed by atoms with E-state index in [1.165, 1.54) is 16.5 Å². The van der Waals surface area contributed by atoms with Gasteiger partial charge in [0, 0.05) is 12.4 Å². The Morgan fingerprint density at radius 1 is 1.24 bits per heavy atom. The number of anilines is 3. The molecule has 0 bridgehead atoms. The number of nitrogens with one attached hydrogen (secondary N) is 1. The standard InChI is InChI=1S/C17H14N4O3S/c1-9(2)14-12(4-3-6-18-14)21-11-5-7-19-15-13(11)10(20-16(21)22)8-25(15)17(23)24/h3-9H,1-2H3,(H-,20,22,23,24). The second-order valence-electron chi connectivity index (χ2n) is 5.96. The second kappa shape index (κ2) is 5.52. The summed E-state index contributed by atoms with van der Waals surface area (Å²) in [5, 5.41) is 15.1. The molecule has 25 heavy (non-hydrogen) atoms. The number of amides is 2. The number of rotatable bonds is 3. The van der Waals surface area contributed by atoms with Gasteiger partial charge in [-0.1, -0.05) is 13.8 Å². The van der Waals surface area contributed by atoms with Crippen molar-refractivity contribution in [3.63, 3.8) is 0 Å². The molecule has 7 nitrogen and oxygen atoms in total. The Morgan fingerprint density at radius 2 is 2.04 bits per heavy atom. The number of urea groups is 1. The molecule has 2 amide bonds. The minimum Gasteiger partial charge on any atom is -0.500 e. The fourth-order valence-corrected chi connectivity index (χ4v) is 4.44. The van der Waals surface area contributed by atoms with Crippen molar-refractivity contribution in [2.75, 3.05) is 10.2 Å². The van der Waals surface area contributed by atoms with Crippen LogP contribution >= 0.6 is 10.5 Å². The molecule has 0 spiro atoms. The molecule has 1 unspecified atom stereocenters. The molecule has 0 fully saturated rings. The van der Waals surface area contributed by atoms with E-state index in [0.717, 1.165) is 5.69 Å². The summed E-state index contributed by atoms with van der Waals surface area (Å²) >= 11 is 0. The van der Waals surface area contributed by atoms with Gasteiger partial charge < -0.3 is 15.2 Å². The van der Waals surface area contributed by atoms with Gasteiger partial charge in [0.05, 0.1) is 27.5 Å². The van der Waals surface area contributed by atoms with Crippen molar-refractivity contribution in [2.45, 2.75) is 19.8 Å². The third-order valence-electron chi connectivity index (χ3n) is 4.08. The molecule has 4 rings (SSSR count). The Balaban J connectivity index is 2.01. The van der Waals surface area contributed by atoms with Gasteiger partial charge in [0.15, 0.2) is 5.38 Å². The Kier molecular flexibility index (Phi) is 3.43. The van der Waals surface area contributed by atoms with Gasteiger partial charge in [-0.15, -0.1) is 0 Å². The summed E-state index contributed by atoms with van der Waals surface area (Å²) in [6.07, 6.45) is 3.21. The lowest BCUT2D eigenvalue weighted by molar-refractivity contribution is -0.233. The van der Waals surface area contributed by atoms with E-state index in [2.05, 4.69) is 15.3 Å². The molecule has 1 N–H and O–H groups in total. The first-order valence-electron chi connectivity index (χ1n) is 7.70. The zero-order valence-electron chi connectivity index (χ0n) is 13.5. The minimum atomic E-state index is -1.28. The summed E-state index contributed by atoms with van der Waals surface area (Å²) in [6, 6.07) is 4.96. The molecule has 1 aliphatic rings. The summed E-state index contributed by atoms with van der Waals surface area (Å²) in [7, 11) is -1.28. The lowest BCUT2D eigenvalue weighted by Crippen LogP contribution is -2.34. The van der Waals surface area contributed by atoms with E-state index in [0.29, 0.717) is 27.3 Å². The molecule has 1 atom stereocenters. The number of carbonyl (C=O) groups excluding carboxylic acids is 2. The van der Waals surface area contributed by atoms with Crippen molar-refractivity contribution in [2.24, 2.45) is 0 Å². The van der Waals surface area contributed by atoms with E-state index < -0.39 is 15.8 Å². The molecule has 0 aliphatic carbocycles. The molecule has 0 aromatic carbocycles. The topological polar surface area (TPSA) is 98.2 Å². The number of hydrogen-bond donors (Lipinski definition) is 1. The number of nitrogens with zero attached hydrogens (tertiary/aromatic N) is 3. The lowest BCUT2D eigenvalue weighted by atomic mass is 10.1. The van der Waals surface area contributed by atoms with Gasteiger partial charge in [0.1, 0.15) is 11.1 Å². The van der Waals surface area contributed by atoms with Crippen molar-refractivity contribution in [1.29, 1.82) is 0 Å². The third-order valence-corrected chi connectivity index (χ3v) is 5.63. The number of pyridine rings is 2. The van der Waals surface area contributed by atoms with Gasteiger partial charge in [-0.3, -0.25) is 9.88 Å². The van der Waals surface area contributed by atoms with Crippen LogP contribution in [-0.4, -0.2) is 21.3 Å². The van der Waals surface area contributed by atoms with E-state index >= 15 is 0 Å². The van der Waals surface area contributed by atoms with Crippen LogP contribution in [0, 0.1) is 0 Å². The van der Waals surface area contributed by atoms with Crippen LogP contribution in [0.25, 0.3) is 10.2 Å². The molecule has 0 radical (unpaired) electrons. The third kappa shape index (κ3) is 2.25. The summed E-state index contributed by atoms with van der Waals surface area (Å²) in [6.45, 7) is 4.01. The average Bonchev–Trinajstić information content (AvgIpc) is 2.95. The van der Waals surface area contributed by atoms with Crippen LogP contribution in [0.2, 0.25) is 0 Å². The van der Waals surface area contributed by atoms with Crippen LogP contribution in [0.5, 0.6) is 0 Å². The molecule has 3 aromatic heterocycles. The van der Waals surface area contributed by atoms with Crippen molar-refractivity contribution in [3.8, 4) is 0 Å². The monoisotopic (exact) mass is 354 g/mol. The van der Waals surface area contributed by atoms with E-state index in [4.69, 9.17) is 0 Å². The van der Waals surface area contributed by atoms with Gasteiger partial charge in [0.25, 0.3) is 4.83 Å². The van der Waals surface area contributed by atoms with Crippen LogP contribution in [0.3, 0.4) is 0 Å². The van der Waals surface area contributed by atoms with Gasteiger partial charge >= 0.3 is 11.3 Å². The molecule has 1 aliphatic heterocycles. The highest BCUT2D eigenvalue weighted by Gasteiger charge is 2.35. The van der Waals surface area contributed by atoms with Gasteiger partial charge in [-0.05, 0) is 24.1 Å². The van der Waals surface area contributed by atoms with Crippen molar-refractivity contribution in [1.82, 2.24) is 9.97 Å². The van der Waals surface area contributed by atoms with Crippen LogP contribution in [0.1, 0.15) is 25.5 Å². The normalized spacial score (nSPS) is 14.1. The maximum Gasteiger partial charge on any atom is 0.331 e. The molecule has 8 heteroatoms. The second-order valence-corrected chi connectivity index (χ2v) is 7.59. The predicted octanol–water partition coefficient (Wildman–Crippen LogP) is 3.38. The smallest absolute Gasteiger partial charge is 0.331 e. The fraction of sp³-hybridized carbons (Fsp3) is 0.176. The quantitative estimate of drug-likeness (QED) is 0.727. The highest BCUT2D eigenvalue weighted by Crippen LogP contribution is 2.47. The van der Waals surface area contributed by atoms with E-state index in [9.17, 15) is 14.7 Å². The van der Waals surface area contributed by atoms with E-state index in [1.807, 2.05) is 19.9 Å². The first-order valence-corrected chi connectivity index (χ1v) is 8.99. The average molecular weight is 354 g/mol. The van der Waals surface area contributed by atoms with E-state index in [-0.39, 0.29) is 11.9 Å². The highest BCUT2D eigenvalue weighted by molar-refractivity contribution is 7.54. The molecule has 0 saturated heterocycles. The highest BCUT2D eigenvalue weighted by atomic mass is 32.2. The number of hydrogen-bond acceptors (Lipinski definition) is 5. The summed E-state index contributed by atoms with van der Waals surface area (Å²) in [5.41, 5.74) is 2.53. The molecular formula is C17H14N4O3S. The number of carboxylic acid groups (broad SMARTS) is 1. The van der Waals surface area contributed by atoms with Crippen LogP contribution in [0.15, 0.2) is 36.0 Å². The molecular weight excluding hydrogens is 340 g/mol. The van der Waals surface area contributed by atoms with Crippen molar-refractivity contribution < 1.29 is 14.7 Å². The Labute approximate surface area is 145 Å². The molecule has 0 saturated carbocycles. The van der Waals surface area contributed by atoms with Crippen LogP contribution < -0.4 is 15.3 Å². The Morgan fingerprint density at radius 3 is 2.76 bits per heavy atom. The SMILES string of the molecule is CC(C)c1ncccc1N1C(=O)Nc2c[s+](C(=O)[O-])c3nccc1c23. The number of carbonyl (C=O) groups is 2. The largest absolute Gasteiger partial charge is 0.500 e. The summed E-state index contributed by atoms with van der Waals surface area (Å²) in [5.74, 6) is 0.119. The maximum absolute atomic E-state index is 12.8. The first kappa shape index (κ1) is 15.5. The van der Waals surface area contributed by atoms with E-state index in [1.54, 1.807) is 18.3 Å². The molecule has 126 valence electrons. The minimum absolute atomic E-state index is 0.119. The maximum atomic E-state index is 12.8. The zero-order valence-corrected chi connectivity index (χ0v) is 14.3. The number of thiophene rings is 1. The zero-order chi connectivity index (χ0) is 17.7.